The van der Waals surface area contributed by atoms with Gasteiger partial charge in [0.05, 0.1) is 0 Å². The van der Waals surface area contributed by atoms with Gasteiger partial charge in [-0.2, -0.15) is 0 Å². The van der Waals surface area contributed by atoms with Gasteiger partial charge in [0.1, 0.15) is 0 Å². The summed E-state index contributed by atoms with van der Waals surface area (Å²) in [5, 5.41) is 8.26. The van der Waals surface area contributed by atoms with Crippen LogP contribution in [0.1, 0.15) is 31.9 Å². The number of nitrogens with zero attached hydrogens (tertiary/aromatic N) is 2. The Hall–Kier alpha value is -2.86. The van der Waals surface area contributed by atoms with Gasteiger partial charge in [-0.3, -0.25) is 0 Å². The number of terminal acetylenes is 1. The highest BCUT2D eigenvalue weighted by atomic mass is 16.4. The molecular formula is C20H18N2O. The molecule has 1 heterocycles. The highest BCUT2D eigenvalue weighted by Crippen LogP contribution is 2.27. The number of aromatic nitrogens is 2. The van der Waals surface area contributed by atoms with Gasteiger partial charge in [-0.25, -0.2) is 0 Å². The number of benzene rings is 2. The summed E-state index contributed by atoms with van der Waals surface area (Å²) in [5.41, 5.74) is 3.99. The maximum absolute atomic E-state index is 5.78. The lowest BCUT2D eigenvalue weighted by Gasteiger charge is -2.18. The van der Waals surface area contributed by atoms with E-state index in [1.807, 2.05) is 36.4 Å². The molecule has 0 bridgehead atoms. The molecule has 0 saturated carbocycles. The van der Waals surface area contributed by atoms with E-state index < -0.39 is 0 Å². The molecule has 0 unspecified atom stereocenters. The van der Waals surface area contributed by atoms with E-state index in [-0.39, 0.29) is 5.41 Å². The molecule has 0 N–H and O–H groups in total. The highest BCUT2D eigenvalue weighted by molar-refractivity contribution is 5.59. The van der Waals surface area contributed by atoms with Crippen LogP contribution in [0.4, 0.5) is 0 Å². The number of rotatable bonds is 2. The summed E-state index contributed by atoms with van der Waals surface area (Å²) in [6, 6.07) is 15.7. The third-order valence-corrected chi connectivity index (χ3v) is 3.72. The van der Waals surface area contributed by atoms with Gasteiger partial charge < -0.3 is 4.42 Å². The van der Waals surface area contributed by atoms with Crippen LogP contribution in [0.2, 0.25) is 0 Å². The molecule has 0 aliphatic rings. The van der Waals surface area contributed by atoms with Crippen molar-refractivity contribution in [1.82, 2.24) is 10.2 Å². The Labute approximate surface area is 136 Å². The summed E-state index contributed by atoms with van der Waals surface area (Å²) in [6.45, 7) is 6.56. The molecule has 3 heteroatoms. The largest absolute Gasteiger partial charge is 0.416 e. The number of hydrogen-bond donors (Lipinski definition) is 0. The fraction of sp³-hybridized carbons (Fsp3) is 0.200. The average Bonchev–Trinajstić information content (AvgIpc) is 3.04. The van der Waals surface area contributed by atoms with Crippen LogP contribution < -0.4 is 0 Å². The molecule has 3 aromatic rings. The summed E-state index contributed by atoms with van der Waals surface area (Å²) >= 11 is 0. The minimum atomic E-state index is 0.122. The van der Waals surface area contributed by atoms with Crippen LogP contribution in [-0.4, -0.2) is 10.2 Å². The first-order chi connectivity index (χ1) is 11.0. The topological polar surface area (TPSA) is 38.9 Å². The normalized spacial score (nSPS) is 11.2. The van der Waals surface area contributed by atoms with Crippen LogP contribution in [-0.2, 0) is 5.41 Å². The van der Waals surface area contributed by atoms with E-state index in [0.29, 0.717) is 11.8 Å². The van der Waals surface area contributed by atoms with Crippen molar-refractivity contribution in [3.8, 4) is 35.3 Å². The Morgan fingerprint density at radius 2 is 1.30 bits per heavy atom. The first-order valence-electron chi connectivity index (χ1n) is 7.49. The van der Waals surface area contributed by atoms with E-state index in [4.69, 9.17) is 10.8 Å². The first-order valence-corrected chi connectivity index (χ1v) is 7.49. The van der Waals surface area contributed by atoms with Gasteiger partial charge in [0.2, 0.25) is 11.8 Å². The molecule has 3 rings (SSSR count). The molecule has 0 spiro atoms. The lowest BCUT2D eigenvalue weighted by Crippen LogP contribution is -2.10. The van der Waals surface area contributed by atoms with Gasteiger partial charge in [-0.05, 0) is 47.4 Å². The van der Waals surface area contributed by atoms with Gasteiger partial charge in [0.25, 0.3) is 0 Å². The Kier molecular flexibility index (Phi) is 3.75. The van der Waals surface area contributed by atoms with Crippen molar-refractivity contribution in [2.45, 2.75) is 26.2 Å². The Balaban J connectivity index is 1.88. The van der Waals surface area contributed by atoms with Gasteiger partial charge in [0.15, 0.2) is 0 Å². The highest BCUT2D eigenvalue weighted by Gasteiger charge is 2.15. The molecule has 1 aromatic heterocycles. The van der Waals surface area contributed by atoms with Gasteiger partial charge in [0, 0.05) is 16.7 Å². The lowest BCUT2D eigenvalue weighted by molar-refractivity contribution is 0.582. The number of hydrogen-bond acceptors (Lipinski definition) is 3. The van der Waals surface area contributed by atoms with Crippen molar-refractivity contribution < 1.29 is 4.42 Å². The molecule has 0 saturated heterocycles. The van der Waals surface area contributed by atoms with Crippen molar-refractivity contribution in [1.29, 1.82) is 0 Å². The molecule has 0 amide bonds. The van der Waals surface area contributed by atoms with Crippen molar-refractivity contribution >= 4 is 0 Å². The van der Waals surface area contributed by atoms with E-state index in [9.17, 15) is 0 Å². The third-order valence-electron chi connectivity index (χ3n) is 3.72. The molecule has 0 radical (unpaired) electrons. The second kappa shape index (κ2) is 5.73. The molecule has 114 valence electrons. The minimum Gasteiger partial charge on any atom is -0.416 e. The second-order valence-electron chi connectivity index (χ2n) is 6.46. The van der Waals surface area contributed by atoms with E-state index in [0.717, 1.165) is 16.7 Å². The van der Waals surface area contributed by atoms with Crippen LogP contribution in [0.15, 0.2) is 52.9 Å². The maximum atomic E-state index is 5.78. The molecule has 23 heavy (non-hydrogen) atoms. The monoisotopic (exact) mass is 302 g/mol. The quantitative estimate of drug-likeness (QED) is 0.645. The summed E-state index contributed by atoms with van der Waals surface area (Å²) in [7, 11) is 0. The zero-order valence-electron chi connectivity index (χ0n) is 13.5. The predicted octanol–water partition coefficient (Wildman–Crippen LogP) is 4.68. The molecule has 2 aromatic carbocycles. The van der Waals surface area contributed by atoms with Crippen LogP contribution in [0.3, 0.4) is 0 Å². The van der Waals surface area contributed by atoms with Crippen LogP contribution >= 0.6 is 0 Å². The van der Waals surface area contributed by atoms with E-state index >= 15 is 0 Å². The van der Waals surface area contributed by atoms with Crippen molar-refractivity contribution in [2.24, 2.45) is 0 Å². The molecule has 3 nitrogen and oxygen atoms in total. The van der Waals surface area contributed by atoms with Gasteiger partial charge >= 0.3 is 0 Å². The van der Waals surface area contributed by atoms with Crippen LogP contribution in [0, 0.1) is 12.3 Å². The van der Waals surface area contributed by atoms with Crippen molar-refractivity contribution in [3.63, 3.8) is 0 Å². The molecule has 0 fully saturated rings. The Bertz CT molecular complexity index is 844. The summed E-state index contributed by atoms with van der Waals surface area (Å²) < 4.78 is 5.78. The second-order valence-corrected chi connectivity index (χ2v) is 6.46. The predicted molar refractivity (Wildman–Crippen MR) is 91.8 cm³/mol. The van der Waals surface area contributed by atoms with Crippen LogP contribution in [0.5, 0.6) is 0 Å². The van der Waals surface area contributed by atoms with Gasteiger partial charge in [-0.15, -0.1) is 16.6 Å². The third kappa shape index (κ3) is 3.17. The van der Waals surface area contributed by atoms with Crippen molar-refractivity contribution in [3.05, 3.63) is 59.7 Å². The first kappa shape index (κ1) is 15.1. The zero-order valence-corrected chi connectivity index (χ0v) is 13.5. The molecule has 0 aliphatic carbocycles. The standard InChI is InChI=1S/C20H18N2O/c1-5-14-6-8-15(9-7-14)18-21-22-19(23-18)16-10-12-17(13-11-16)20(2,3)4/h1,6-13H,2-4H3. The summed E-state index contributed by atoms with van der Waals surface area (Å²) in [5.74, 6) is 3.59. The maximum Gasteiger partial charge on any atom is 0.248 e. The van der Waals surface area contributed by atoms with E-state index in [2.05, 4.69) is 49.0 Å². The molecular weight excluding hydrogens is 284 g/mol. The lowest BCUT2D eigenvalue weighted by atomic mass is 9.87. The molecule has 0 atom stereocenters. The molecule has 0 aliphatic heterocycles. The van der Waals surface area contributed by atoms with Crippen molar-refractivity contribution in [2.75, 3.05) is 0 Å². The average molecular weight is 302 g/mol. The smallest absolute Gasteiger partial charge is 0.248 e. The summed E-state index contributed by atoms with van der Waals surface area (Å²) in [6.07, 6.45) is 5.36. The summed E-state index contributed by atoms with van der Waals surface area (Å²) in [4.78, 5) is 0. The van der Waals surface area contributed by atoms with E-state index in [1.54, 1.807) is 0 Å². The minimum absolute atomic E-state index is 0.122. The fourth-order valence-electron chi connectivity index (χ4n) is 2.28. The van der Waals surface area contributed by atoms with Gasteiger partial charge in [-0.1, -0.05) is 38.8 Å². The van der Waals surface area contributed by atoms with E-state index in [1.165, 1.54) is 5.56 Å². The zero-order chi connectivity index (χ0) is 16.4. The Morgan fingerprint density at radius 3 is 1.74 bits per heavy atom. The fourth-order valence-corrected chi connectivity index (χ4v) is 2.28. The van der Waals surface area contributed by atoms with Crippen LogP contribution in [0.25, 0.3) is 22.9 Å². The SMILES string of the molecule is C#Cc1ccc(-c2nnc(-c3ccc(C(C)(C)C)cc3)o2)cc1. The Morgan fingerprint density at radius 1 is 0.826 bits per heavy atom.